The van der Waals surface area contributed by atoms with Crippen molar-refractivity contribution in [2.24, 2.45) is 0 Å². The van der Waals surface area contributed by atoms with Crippen molar-refractivity contribution in [2.45, 2.75) is 18.9 Å². The van der Waals surface area contributed by atoms with E-state index in [1.54, 1.807) is 18.2 Å². The fourth-order valence-electron chi connectivity index (χ4n) is 2.18. The standard InChI is InChI=1S/C14H18Cl2N2O2/c1-17-6-4-14(19)18-7-5-11(9-18)20-10-2-3-12(15)13(16)8-10/h2-3,8,11,17H,4-7,9H2,1H3. The molecule has 1 atom stereocenters. The molecule has 1 amide bonds. The molecule has 0 saturated carbocycles. The van der Waals surface area contributed by atoms with E-state index >= 15 is 0 Å². The second-order valence-electron chi connectivity index (χ2n) is 4.80. The minimum Gasteiger partial charge on any atom is -0.488 e. The predicted octanol–water partition coefficient (Wildman–Crippen LogP) is 2.58. The lowest BCUT2D eigenvalue weighted by Gasteiger charge is -2.17. The Balaban J connectivity index is 1.86. The van der Waals surface area contributed by atoms with Crippen LogP contribution in [0, 0.1) is 0 Å². The molecule has 1 aromatic carbocycles. The van der Waals surface area contributed by atoms with Gasteiger partial charge in [0.05, 0.1) is 16.6 Å². The Morgan fingerprint density at radius 2 is 2.25 bits per heavy atom. The van der Waals surface area contributed by atoms with Crippen molar-refractivity contribution in [3.05, 3.63) is 28.2 Å². The number of carbonyl (C=O) groups is 1. The molecule has 1 N–H and O–H groups in total. The first-order valence-corrected chi connectivity index (χ1v) is 7.40. The van der Waals surface area contributed by atoms with Gasteiger partial charge in [0.1, 0.15) is 11.9 Å². The van der Waals surface area contributed by atoms with Crippen LogP contribution in [0.4, 0.5) is 0 Å². The minimum absolute atomic E-state index is 0.0192. The van der Waals surface area contributed by atoms with Gasteiger partial charge in [0.15, 0.2) is 0 Å². The molecule has 1 fully saturated rings. The van der Waals surface area contributed by atoms with Crippen molar-refractivity contribution < 1.29 is 9.53 Å². The molecule has 110 valence electrons. The van der Waals surface area contributed by atoms with Crippen LogP contribution >= 0.6 is 23.2 Å². The maximum absolute atomic E-state index is 11.9. The monoisotopic (exact) mass is 316 g/mol. The van der Waals surface area contributed by atoms with Crippen molar-refractivity contribution in [3.63, 3.8) is 0 Å². The lowest BCUT2D eigenvalue weighted by Crippen LogP contribution is -2.32. The summed E-state index contributed by atoms with van der Waals surface area (Å²) in [5.41, 5.74) is 0. The van der Waals surface area contributed by atoms with Gasteiger partial charge in [-0.2, -0.15) is 0 Å². The lowest BCUT2D eigenvalue weighted by molar-refractivity contribution is -0.130. The van der Waals surface area contributed by atoms with Crippen LogP contribution in [0.15, 0.2) is 18.2 Å². The van der Waals surface area contributed by atoms with Crippen molar-refractivity contribution in [1.82, 2.24) is 10.2 Å². The molecule has 0 bridgehead atoms. The molecule has 0 aromatic heterocycles. The summed E-state index contributed by atoms with van der Waals surface area (Å²) in [5.74, 6) is 0.855. The van der Waals surface area contributed by atoms with Gasteiger partial charge in [-0.15, -0.1) is 0 Å². The number of hydrogen-bond acceptors (Lipinski definition) is 3. The van der Waals surface area contributed by atoms with Gasteiger partial charge in [-0.25, -0.2) is 0 Å². The molecular formula is C14H18Cl2N2O2. The highest BCUT2D eigenvalue weighted by atomic mass is 35.5. The fourth-order valence-corrected chi connectivity index (χ4v) is 2.47. The molecule has 0 radical (unpaired) electrons. The number of amides is 1. The molecule has 2 rings (SSSR count). The van der Waals surface area contributed by atoms with Gasteiger partial charge in [-0.3, -0.25) is 4.79 Å². The molecule has 1 aliphatic heterocycles. The normalized spacial score (nSPS) is 18.4. The summed E-state index contributed by atoms with van der Waals surface area (Å²) in [6, 6.07) is 5.21. The number of nitrogens with zero attached hydrogens (tertiary/aromatic N) is 1. The molecule has 0 spiro atoms. The van der Waals surface area contributed by atoms with E-state index in [1.807, 2.05) is 11.9 Å². The van der Waals surface area contributed by atoms with Crippen LogP contribution < -0.4 is 10.1 Å². The third-order valence-corrected chi connectivity index (χ3v) is 4.02. The van der Waals surface area contributed by atoms with Crippen LogP contribution in [0.25, 0.3) is 0 Å². The summed E-state index contributed by atoms with van der Waals surface area (Å²) in [4.78, 5) is 13.7. The number of nitrogens with one attached hydrogen (secondary N) is 1. The Hall–Kier alpha value is -0.970. The Kier molecular flexibility index (Phi) is 5.52. The third-order valence-electron chi connectivity index (χ3n) is 3.28. The number of ether oxygens (including phenoxy) is 1. The van der Waals surface area contributed by atoms with Crippen LogP contribution in [0.5, 0.6) is 5.75 Å². The average Bonchev–Trinajstić information content (AvgIpc) is 2.89. The fraction of sp³-hybridized carbons (Fsp3) is 0.500. The van der Waals surface area contributed by atoms with Crippen LogP contribution in [0.1, 0.15) is 12.8 Å². The zero-order valence-electron chi connectivity index (χ0n) is 11.4. The van der Waals surface area contributed by atoms with Gasteiger partial charge in [0, 0.05) is 32.0 Å². The molecule has 1 aliphatic rings. The number of hydrogen-bond donors (Lipinski definition) is 1. The summed E-state index contributed by atoms with van der Waals surface area (Å²) >= 11 is 11.8. The first-order chi connectivity index (χ1) is 9.60. The smallest absolute Gasteiger partial charge is 0.223 e. The summed E-state index contributed by atoms with van der Waals surface area (Å²) in [7, 11) is 1.84. The van der Waals surface area contributed by atoms with Crippen molar-refractivity contribution in [2.75, 3.05) is 26.7 Å². The molecule has 4 nitrogen and oxygen atoms in total. The predicted molar refractivity (Wildman–Crippen MR) is 80.6 cm³/mol. The molecule has 0 aliphatic carbocycles. The zero-order chi connectivity index (χ0) is 14.5. The molecule has 1 saturated heterocycles. The zero-order valence-corrected chi connectivity index (χ0v) is 12.9. The second kappa shape index (κ2) is 7.16. The Morgan fingerprint density at radius 3 is 2.95 bits per heavy atom. The Labute approximate surface area is 129 Å². The Bertz CT molecular complexity index is 482. The van der Waals surface area contributed by atoms with E-state index in [-0.39, 0.29) is 12.0 Å². The highest BCUT2D eigenvalue weighted by Crippen LogP contribution is 2.28. The maximum atomic E-state index is 11.9. The highest BCUT2D eigenvalue weighted by molar-refractivity contribution is 6.42. The molecule has 20 heavy (non-hydrogen) atoms. The van der Waals surface area contributed by atoms with Gasteiger partial charge in [0.2, 0.25) is 5.91 Å². The minimum atomic E-state index is 0.0192. The number of benzene rings is 1. The summed E-state index contributed by atoms with van der Waals surface area (Å²) in [6.45, 7) is 2.07. The summed E-state index contributed by atoms with van der Waals surface area (Å²) < 4.78 is 5.84. The van der Waals surface area contributed by atoms with Gasteiger partial charge >= 0.3 is 0 Å². The second-order valence-corrected chi connectivity index (χ2v) is 5.61. The van der Waals surface area contributed by atoms with Crippen molar-refractivity contribution >= 4 is 29.1 Å². The van der Waals surface area contributed by atoms with E-state index in [2.05, 4.69) is 5.32 Å². The molecule has 1 unspecified atom stereocenters. The van der Waals surface area contributed by atoms with Crippen molar-refractivity contribution in [3.8, 4) is 5.75 Å². The third kappa shape index (κ3) is 4.01. The van der Waals surface area contributed by atoms with E-state index in [4.69, 9.17) is 27.9 Å². The van der Waals surface area contributed by atoms with E-state index < -0.39 is 0 Å². The van der Waals surface area contributed by atoms with Gasteiger partial charge in [-0.05, 0) is 19.2 Å². The molecule has 6 heteroatoms. The van der Waals surface area contributed by atoms with Gasteiger partial charge < -0.3 is 15.0 Å². The lowest BCUT2D eigenvalue weighted by atomic mass is 10.3. The number of likely N-dealkylation sites (tertiary alicyclic amines) is 1. The van der Waals surface area contributed by atoms with Crippen LogP contribution in [-0.2, 0) is 4.79 Å². The van der Waals surface area contributed by atoms with Gasteiger partial charge in [-0.1, -0.05) is 23.2 Å². The quantitative estimate of drug-likeness (QED) is 0.907. The Morgan fingerprint density at radius 1 is 1.45 bits per heavy atom. The van der Waals surface area contributed by atoms with Crippen LogP contribution in [-0.4, -0.2) is 43.6 Å². The maximum Gasteiger partial charge on any atom is 0.223 e. The molecular weight excluding hydrogens is 299 g/mol. The van der Waals surface area contributed by atoms with Crippen LogP contribution in [0.3, 0.4) is 0 Å². The van der Waals surface area contributed by atoms with E-state index in [9.17, 15) is 4.79 Å². The average molecular weight is 317 g/mol. The van der Waals surface area contributed by atoms with E-state index in [1.165, 1.54) is 0 Å². The number of carbonyl (C=O) groups excluding carboxylic acids is 1. The number of rotatable bonds is 5. The highest BCUT2D eigenvalue weighted by Gasteiger charge is 2.27. The van der Waals surface area contributed by atoms with Crippen molar-refractivity contribution in [1.29, 1.82) is 0 Å². The van der Waals surface area contributed by atoms with E-state index in [0.717, 1.165) is 13.0 Å². The molecule has 1 aromatic rings. The molecule has 1 heterocycles. The van der Waals surface area contributed by atoms with Crippen LogP contribution in [0.2, 0.25) is 10.0 Å². The largest absolute Gasteiger partial charge is 0.488 e. The first kappa shape index (κ1) is 15.4. The van der Waals surface area contributed by atoms with Gasteiger partial charge in [0.25, 0.3) is 0 Å². The topological polar surface area (TPSA) is 41.6 Å². The summed E-state index contributed by atoms with van der Waals surface area (Å²) in [6.07, 6.45) is 1.38. The summed E-state index contributed by atoms with van der Waals surface area (Å²) in [5, 5.41) is 3.96. The SMILES string of the molecule is CNCCC(=O)N1CCC(Oc2ccc(Cl)c(Cl)c2)C1. The van der Waals surface area contributed by atoms with E-state index in [0.29, 0.717) is 35.3 Å². The number of halogens is 2. The first-order valence-electron chi connectivity index (χ1n) is 6.64.